The van der Waals surface area contributed by atoms with E-state index >= 15 is 0 Å². The average molecular weight is 365 g/mol. The molecule has 4 heteroatoms. The molecule has 0 spiro atoms. The van der Waals surface area contributed by atoms with Gasteiger partial charge in [-0.3, -0.25) is 4.79 Å². The van der Waals surface area contributed by atoms with E-state index in [0.717, 1.165) is 12.8 Å². The van der Waals surface area contributed by atoms with Crippen LogP contribution < -0.4 is 0 Å². The van der Waals surface area contributed by atoms with Crippen LogP contribution in [0.4, 0.5) is 0 Å². The highest BCUT2D eigenvalue weighted by molar-refractivity contribution is 5.66. The van der Waals surface area contributed by atoms with Crippen LogP contribution in [0.5, 0.6) is 0 Å². The smallest absolute Gasteiger partial charge is 0.303 e. The Labute approximate surface area is 160 Å². The number of hydrogen-bond donors (Lipinski definition) is 1. The fraction of sp³-hybridized carbons (Fsp3) is 0.773. The Morgan fingerprint density at radius 2 is 1.08 bits per heavy atom. The molecule has 1 heterocycles. The summed E-state index contributed by atoms with van der Waals surface area (Å²) in [6, 6.07) is 1.78. The second kappa shape index (κ2) is 21.6. The van der Waals surface area contributed by atoms with Gasteiger partial charge in [0.1, 0.15) is 6.33 Å². The SMILES string of the molecule is CCCCCCCCCCCCCCCCCC(=O)O.c1cncnc1. The first-order valence-electron chi connectivity index (χ1n) is 10.7. The van der Waals surface area contributed by atoms with Crippen molar-refractivity contribution in [3.63, 3.8) is 0 Å². The van der Waals surface area contributed by atoms with Gasteiger partial charge in [0.25, 0.3) is 0 Å². The minimum Gasteiger partial charge on any atom is -0.481 e. The fourth-order valence-corrected chi connectivity index (χ4v) is 2.90. The lowest BCUT2D eigenvalue weighted by Crippen LogP contribution is -1.93. The monoisotopic (exact) mass is 364 g/mol. The highest BCUT2D eigenvalue weighted by Gasteiger charge is 1.97. The molecular weight excluding hydrogens is 324 g/mol. The van der Waals surface area contributed by atoms with E-state index in [0.29, 0.717) is 6.42 Å². The molecule has 4 nitrogen and oxygen atoms in total. The van der Waals surface area contributed by atoms with Gasteiger partial charge in [-0.15, -0.1) is 0 Å². The third-order valence-electron chi connectivity index (χ3n) is 4.47. The molecule has 0 saturated heterocycles. The molecule has 26 heavy (non-hydrogen) atoms. The van der Waals surface area contributed by atoms with Crippen molar-refractivity contribution in [2.75, 3.05) is 0 Å². The highest BCUT2D eigenvalue weighted by Crippen LogP contribution is 2.13. The third-order valence-corrected chi connectivity index (χ3v) is 4.47. The van der Waals surface area contributed by atoms with Gasteiger partial charge in [-0.2, -0.15) is 0 Å². The summed E-state index contributed by atoms with van der Waals surface area (Å²) >= 11 is 0. The van der Waals surface area contributed by atoms with Crippen LogP contribution in [-0.4, -0.2) is 21.0 Å². The van der Waals surface area contributed by atoms with Gasteiger partial charge in [-0.05, 0) is 12.5 Å². The molecule has 1 aromatic heterocycles. The Bertz CT molecular complexity index is 358. The summed E-state index contributed by atoms with van der Waals surface area (Å²) in [6.45, 7) is 2.27. The van der Waals surface area contributed by atoms with E-state index in [2.05, 4.69) is 16.9 Å². The summed E-state index contributed by atoms with van der Waals surface area (Å²) in [5, 5.41) is 8.52. The van der Waals surface area contributed by atoms with Crippen LogP contribution in [0.2, 0.25) is 0 Å². The molecule has 0 aliphatic rings. The first-order valence-corrected chi connectivity index (χ1v) is 10.7. The van der Waals surface area contributed by atoms with Crippen molar-refractivity contribution in [2.24, 2.45) is 0 Å². The van der Waals surface area contributed by atoms with Gasteiger partial charge in [0.15, 0.2) is 0 Å². The Hall–Kier alpha value is -1.45. The lowest BCUT2D eigenvalue weighted by molar-refractivity contribution is -0.137. The van der Waals surface area contributed by atoms with Crippen molar-refractivity contribution in [3.05, 3.63) is 24.8 Å². The van der Waals surface area contributed by atoms with Crippen LogP contribution in [0.1, 0.15) is 110 Å². The zero-order valence-corrected chi connectivity index (χ0v) is 16.9. The van der Waals surface area contributed by atoms with Gasteiger partial charge in [0, 0.05) is 18.8 Å². The number of carboxylic acids is 1. The largest absolute Gasteiger partial charge is 0.481 e. The molecule has 0 unspecified atom stereocenters. The molecule has 0 saturated carbocycles. The van der Waals surface area contributed by atoms with E-state index in [1.54, 1.807) is 18.5 Å². The van der Waals surface area contributed by atoms with Crippen molar-refractivity contribution in [2.45, 2.75) is 110 Å². The number of nitrogens with zero attached hydrogens (tertiary/aromatic N) is 2. The quantitative estimate of drug-likeness (QED) is 0.327. The maximum Gasteiger partial charge on any atom is 0.303 e. The number of carboxylic acid groups (broad SMARTS) is 1. The molecule has 150 valence electrons. The summed E-state index contributed by atoms with van der Waals surface area (Å²) < 4.78 is 0. The van der Waals surface area contributed by atoms with Crippen molar-refractivity contribution in [1.29, 1.82) is 0 Å². The number of aliphatic carboxylic acids is 1. The molecule has 1 aromatic rings. The van der Waals surface area contributed by atoms with Crippen molar-refractivity contribution < 1.29 is 9.90 Å². The summed E-state index contributed by atoms with van der Waals surface area (Å²) in [5.74, 6) is -0.653. The first-order chi connectivity index (χ1) is 12.8. The van der Waals surface area contributed by atoms with Crippen molar-refractivity contribution >= 4 is 5.97 Å². The lowest BCUT2D eigenvalue weighted by atomic mass is 10.0. The molecule has 0 aliphatic heterocycles. The Kier molecular flexibility index (Phi) is 20.4. The van der Waals surface area contributed by atoms with Crippen LogP contribution in [0.3, 0.4) is 0 Å². The molecule has 0 fully saturated rings. The number of hydrogen-bond acceptors (Lipinski definition) is 3. The topological polar surface area (TPSA) is 63.1 Å². The summed E-state index contributed by atoms with van der Waals surface area (Å²) in [5.41, 5.74) is 0. The van der Waals surface area contributed by atoms with E-state index in [-0.39, 0.29) is 0 Å². The standard InChI is InChI=1S/C18H36O2.C4H4N2/c1-2-3-4-5-6-7-8-9-10-11-12-13-14-15-16-17-18(19)20;1-2-5-4-6-3-1/h2-17H2,1H3,(H,19,20);1-4H. The first kappa shape index (κ1) is 24.6. The average Bonchev–Trinajstić information content (AvgIpc) is 2.66. The van der Waals surface area contributed by atoms with Crippen LogP contribution >= 0.6 is 0 Å². The Morgan fingerprint density at radius 1 is 0.692 bits per heavy atom. The maximum atomic E-state index is 10.3. The van der Waals surface area contributed by atoms with Crippen LogP contribution in [0.15, 0.2) is 24.8 Å². The van der Waals surface area contributed by atoms with E-state index in [1.165, 1.54) is 89.8 Å². The summed E-state index contributed by atoms with van der Waals surface area (Å²) in [4.78, 5) is 17.7. The maximum absolute atomic E-state index is 10.3. The molecular formula is C22H40N2O2. The van der Waals surface area contributed by atoms with Crippen LogP contribution in [0.25, 0.3) is 0 Å². The van der Waals surface area contributed by atoms with E-state index in [9.17, 15) is 4.79 Å². The fourth-order valence-electron chi connectivity index (χ4n) is 2.90. The van der Waals surface area contributed by atoms with Gasteiger partial charge in [-0.1, -0.05) is 96.8 Å². The molecule has 0 atom stereocenters. The molecule has 1 rings (SSSR count). The third kappa shape index (κ3) is 22.6. The van der Waals surface area contributed by atoms with Gasteiger partial charge >= 0.3 is 5.97 Å². The second-order valence-corrected chi connectivity index (χ2v) is 7.00. The van der Waals surface area contributed by atoms with Crippen LogP contribution in [-0.2, 0) is 4.79 Å². The molecule has 0 aromatic carbocycles. The second-order valence-electron chi connectivity index (χ2n) is 7.00. The Balaban J connectivity index is 0.000000867. The van der Waals surface area contributed by atoms with Gasteiger partial charge in [-0.25, -0.2) is 9.97 Å². The van der Waals surface area contributed by atoms with Crippen molar-refractivity contribution in [3.8, 4) is 0 Å². The van der Waals surface area contributed by atoms with Gasteiger partial charge < -0.3 is 5.11 Å². The lowest BCUT2D eigenvalue weighted by Gasteiger charge is -2.03. The zero-order valence-electron chi connectivity index (χ0n) is 16.9. The van der Waals surface area contributed by atoms with E-state index in [1.807, 2.05) is 0 Å². The highest BCUT2D eigenvalue weighted by atomic mass is 16.4. The number of rotatable bonds is 16. The summed E-state index contributed by atoms with van der Waals surface area (Å²) in [7, 11) is 0. The zero-order chi connectivity index (χ0) is 19.1. The number of unbranched alkanes of at least 4 members (excludes halogenated alkanes) is 14. The van der Waals surface area contributed by atoms with Crippen LogP contribution in [0, 0.1) is 0 Å². The minimum atomic E-state index is -0.653. The number of aromatic nitrogens is 2. The van der Waals surface area contributed by atoms with Gasteiger partial charge in [0.05, 0.1) is 0 Å². The van der Waals surface area contributed by atoms with E-state index < -0.39 is 5.97 Å². The molecule has 0 aliphatic carbocycles. The predicted octanol–water partition coefficient (Wildman–Crippen LogP) is 6.81. The van der Waals surface area contributed by atoms with Gasteiger partial charge in [0.2, 0.25) is 0 Å². The van der Waals surface area contributed by atoms with E-state index in [4.69, 9.17) is 5.11 Å². The minimum absolute atomic E-state index is 0.345. The summed E-state index contributed by atoms with van der Waals surface area (Å²) in [6.07, 6.45) is 25.1. The predicted molar refractivity (Wildman–Crippen MR) is 109 cm³/mol. The molecule has 0 amide bonds. The molecule has 0 bridgehead atoms. The molecule has 0 radical (unpaired) electrons. The Morgan fingerprint density at radius 3 is 1.35 bits per heavy atom. The van der Waals surface area contributed by atoms with Crippen molar-refractivity contribution in [1.82, 2.24) is 9.97 Å². The number of carbonyl (C=O) groups is 1. The molecule has 1 N–H and O–H groups in total. The normalized spacial score (nSPS) is 10.2.